The van der Waals surface area contributed by atoms with E-state index in [0.717, 1.165) is 106 Å². The Morgan fingerprint density at radius 3 is 1.56 bits per heavy atom. The Kier molecular flexibility index (Phi) is 14.7. The highest BCUT2D eigenvalue weighted by Gasteiger charge is 2.27. The first-order chi connectivity index (χ1) is 49.8. The molecule has 0 radical (unpaired) electrons. The lowest BCUT2D eigenvalue weighted by Crippen LogP contribution is -2.32. The second-order valence-corrected chi connectivity index (χ2v) is 30.3. The molecule has 20 aromatic rings. The Balaban J connectivity index is 0.000000102. The van der Waals surface area contributed by atoms with E-state index in [2.05, 4.69) is 181 Å². The Morgan fingerprint density at radius 2 is 0.920 bits per heavy atom. The fourth-order valence-electron chi connectivity index (χ4n) is 13.9. The summed E-state index contributed by atoms with van der Waals surface area (Å²) in [6.45, 7) is 10.6. The van der Waals surface area contributed by atoms with Gasteiger partial charge in [-0.15, -0.1) is 45.3 Å². The van der Waals surface area contributed by atoms with Gasteiger partial charge in [-0.2, -0.15) is 18.3 Å². The maximum atomic E-state index is 7.54. The fraction of sp³-hybridized carbons (Fsp3) is 0.143. The van der Waals surface area contributed by atoms with E-state index in [1.165, 1.54) is 92.8 Å². The smallest absolute Gasteiger partial charge is 0.234 e. The van der Waals surface area contributed by atoms with Crippen molar-refractivity contribution in [2.75, 3.05) is 0 Å². The third-order valence-electron chi connectivity index (χ3n) is 19.1. The molecule has 0 N–H and O–H groups in total. The number of nitrogens with zero attached hydrogens (tertiary/aromatic N) is 8. The van der Waals surface area contributed by atoms with Crippen LogP contribution in [0.5, 0.6) is 0 Å². The molecule has 0 bridgehead atoms. The quantitative estimate of drug-likeness (QED) is 0.156. The summed E-state index contributed by atoms with van der Waals surface area (Å²) in [7, 11) is 8.04. The summed E-state index contributed by atoms with van der Waals surface area (Å²) >= 11 is 7.62. The van der Waals surface area contributed by atoms with Gasteiger partial charge in [-0.1, -0.05) is 105 Å². The number of para-hydroxylation sites is 2. The van der Waals surface area contributed by atoms with Gasteiger partial charge in [0.25, 0.3) is 0 Å². The number of thiophene rings is 4. The van der Waals surface area contributed by atoms with Crippen molar-refractivity contribution in [1.82, 2.24) is 19.9 Å². The first-order valence-electron chi connectivity index (χ1n) is 34.5. The molecule has 8 aromatic carbocycles. The van der Waals surface area contributed by atoms with Crippen LogP contribution in [0.25, 0.3) is 170 Å². The summed E-state index contributed by atoms with van der Waals surface area (Å²) < 4.78 is 65.1. The van der Waals surface area contributed by atoms with Crippen molar-refractivity contribution >= 4 is 171 Å². The van der Waals surface area contributed by atoms with Gasteiger partial charge in [-0.3, -0.25) is 9.97 Å². The predicted octanol–water partition coefficient (Wildman–Crippen LogP) is 21.4. The van der Waals surface area contributed by atoms with Crippen LogP contribution in [0, 0.1) is 34.5 Å². The lowest BCUT2D eigenvalue weighted by molar-refractivity contribution is -0.661. The SMILES string of the molecule is Cc1ccc2c(oc3c4ccccc4oc23)c1-c1cnc(C(C)C)c[n+]1C.Cc1ccc2c(sc3c4ccccc4sc23)c1-c1cncc[n+]1C.Cc1ccc2c(sc3sc4ccccc4c32)c1-c1cncc[n+]1C.[2H]C([2H])([2H])c1c[n+](C)c(-c2cc3oc4c5ccccc5oc4c3cc2C)cn1. The van der Waals surface area contributed by atoms with Gasteiger partial charge in [0, 0.05) is 46.4 Å². The minimum Gasteiger partial charge on any atom is -0.452 e. The standard InChI is InChI=1S/C23H21N2O2.C21H17N2O2.2C20H15N2S2/c1-13(2)17-12-25(4)18(11-24-17)20-14(3)9-10-16-21(20)27-22-15-7-5-6-8-19(15)26-23(16)22;1-12-8-16-19(9-15(12)17-10-22-13(2)11-23(17)3)25-20-14-6-4-5-7-18(14)24-21(16)20;1-12-7-8-14-18(17(12)15-11-21-9-10-22(15)2)24-19-13-5-3-4-6-16(13)23-20(14)19;1-12-7-8-14-18-13-5-3-4-6-16(13)23-20(18)24-19(14)17(12)15-11-21-9-10-22(15)2/h5-13H,1-4H3;4-11H,1-3H3;2*3-11H,1-2H3/q4*+1/i;2D3;;. The van der Waals surface area contributed by atoms with E-state index in [-0.39, 0.29) is 5.69 Å². The number of furan rings is 4. The largest absolute Gasteiger partial charge is 0.452 e. The molecule has 0 aliphatic carbocycles. The first-order valence-corrected chi connectivity index (χ1v) is 36.3. The zero-order valence-electron chi connectivity index (χ0n) is 59.6. The molecule has 0 spiro atoms. The summed E-state index contributed by atoms with van der Waals surface area (Å²) in [5, 5.41) is 10.7. The molecule has 0 aliphatic heterocycles. The number of aryl methyl sites for hydroxylation is 9. The molecule has 12 nitrogen and oxygen atoms in total. The van der Waals surface area contributed by atoms with Crippen molar-refractivity contribution < 1.29 is 40.0 Å². The normalized spacial score (nSPS) is 12.4. The Hall–Kier alpha value is -10.9. The van der Waals surface area contributed by atoms with E-state index in [9.17, 15) is 0 Å². The lowest BCUT2D eigenvalue weighted by Gasteiger charge is -2.07. The van der Waals surface area contributed by atoms with Gasteiger partial charge in [0.1, 0.15) is 56.3 Å². The molecule has 0 atom stereocenters. The molecular weight excluding hydrogens is 1310 g/mol. The summed E-state index contributed by atoms with van der Waals surface area (Å²) in [6.07, 6.45) is 18.8. The lowest BCUT2D eigenvalue weighted by atomic mass is 10.0. The number of fused-ring (bicyclic) bond motifs is 20. The molecule has 0 saturated carbocycles. The third-order valence-corrected chi connectivity index (χ3v) is 24.1. The van der Waals surface area contributed by atoms with Crippen LogP contribution in [0.3, 0.4) is 0 Å². The van der Waals surface area contributed by atoms with Gasteiger partial charge in [-0.05, 0) is 111 Å². The number of rotatable bonds is 5. The Bertz CT molecular complexity index is 6740. The van der Waals surface area contributed by atoms with Crippen LogP contribution >= 0.6 is 45.3 Å². The van der Waals surface area contributed by atoms with Gasteiger partial charge in [0.05, 0.1) is 104 Å². The van der Waals surface area contributed by atoms with E-state index in [0.29, 0.717) is 5.92 Å². The maximum absolute atomic E-state index is 7.54. The van der Waals surface area contributed by atoms with Crippen molar-refractivity contribution in [3.8, 4) is 45.0 Å². The maximum Gasteiger partial charge on any atom is 0.234 e. The van der Waals surface area contributed by atoms with Gasteiger partial charge in [-0.25, -0.2) is 9.97 Å². The van der Waals surface area contributed by atoms with Gasteiger partial charge in [0.2, 0.25) is 22.8 Å². The Morgan fingerprint density at radius 1 is 0.400 bits per heavy atom. The molecule has 12 aromatic heterocycles. The van der Waals surface area contributed by atoms with Crippen molar-refractivity contribution in [3.63, 3.8) is 0 Å². The summed E-state index contributed by atoms with van der Waals surface area (Å²) in [4.78, 5) is 17.5. The van der Waals surface area contributed by atoms with Crippen molar-refractivity contribution in [2.45, 2.75) is 54.3 Å². The average molecular weight is 1380 g/mol. The van der Waals surface area contributed by atoms with Gasteiger partial charge < -0.3 is 17.7 Å². The minimum atomic E-state index is -2.23. The molecule has 0 amide bonds. The Labute approximate surface area is 595 Å². The van der Waals surface area contributed by atoms with E-state index in [1.54, 1.807) is 17.0 Å². The predicted molar refractivity (Wildman–Crippen MR) is 412 cm³/mol. The topological polar surface area (TPSA) is 120 Å². The highest BCUT2D eigenvalue weighted by molar-refractivity contribution is 7.44. The van der Waals surface area contributed by atoms with Crippen LogP contribution in [0.2, 0.25) is 0 Å². The fourth-order valence-corrected chi connectivity index (χ4v) is 19.6. The highest BCUT2D eigenvalue weighted by Crippen LogP contribution is 2.50. The molecule has 0 saturated heterocycles. The number of aromatic nitrogens is 8. The summed E-state index contributed by atoms with van der Waals surface area (Å²) in [5.41, 5.74) is 21.0. The van der Waals surface area contributed by atoms with Crippen molar-refractivity contribution in [1.29, 1.82) is 0 Å². The van der Waals surface area contributed by atoms with Crippen LogP contribution in [0.4, 0.5) is 0 Å². The summed E-state index contributed by atoms with van der Waals surface area (Å²) in [6, 6.07) is 50.4. The molecule has 12 heterocycles. The summed E-state index contributed by atoms with van der Waals surface area (Å²) in [5.74, 6) is 0.388. The third kappa shape index (κ3) is 10.5. The van der Waals surface area contributed by atoms with Crippen molar-refractivity contribution in [3.05, 3.63) is 241 Å². The second-order valence-electron chi connectivity index (χ2n) is 25.9. The zero-order chi connectivity index (χ0) is 70.9. The molecule has 20 rings (SSSR count). The van der Waals surface area contributed by atoms with Crippen LogP contribution in [-0.2, 0) is 28.2 Å². The molecule has 100 heavy (non-hydrogen) atoms. The zero-order valence-corrected chi connectivity index (χ0v) is 59.8. The van der Waals surface area contributed by atoms with Crippen LogP contribution in [-0.4, -0.2) is 19.9 Å². The van der Waals surface area contributed by atoms with Crippen LogP contribution < -0.4 is 18.3 Å². The van der Waals surface area contributed by atoms with Crippen molar-refractivity contribution in [2.24, 2.45) is 28.2 Å². The number of benzene rings is 8. The second kappa shape index (κ2) is 24.8. The first kappa shape index (κ1) is 59.2. The molecule has 0 aliphatic rings. The number of hydrogen-bond acceptors (Lipinski definition) is 12. The van der Waals surface area contributed by atoms with E-state index in [1.807, 2.05) is 163 Å². The molecule has 0 fully saturated rings. The highest BCUT2D eigenvalue weighted by atomic mass is 32.2. The monoisotopic (exact) mass is 1380 g/mol. The molecule has 488 valence electrons. The van der Waals surface area contributed by atoms with Crippen LogP contribution in [0.1, 0.15) is 57.5 Å². The molecular formula is C84H68N8O4S4+4. The van der Waals surface area contributed by atoms with Gasteiger partial charge in [0.15, 0.2) is 52.7 Å². The van der Waals surface area contributed by atoms with E-state index in [4.69, 9.17) is 21.8 Å². The minimum absolute atomic E-state index is 0.0689. The van der Waals surface area contributed by atoms with E-state index < -0.39 is 6.85 Å². The van der Waals surface area contributed by atoms with E-state index >= 15 is 0 Å². The number of hydrogen-bond donors (Lipinski definition) is 0. The molecule has 16 heteroatoms. The average Bonchev–Trinajstić information content (AvgIpc) is 1.61. The van der Waals surface area contributed by atoms with Crippen LogP contribution in [0.15, 0.2) is 225 Å². The molecule has 0 unspecified atom stereocenters. The van der Waals surface area contributed by atoms with Gasteiger partial charge >= 0.3 is 0 Å².